The first-order valence-corrected chi connectivity index (χ1v) is 23.5. The molecule has 0 saturated carbocycles. The average molecular weight is 831 g/mol. The van der Waals surface area contributed by atoms with Crippen LogP contribution in [-0.4, -0.2) is 9.13 Å². The van der Waals surface area contributed by atoms with Crippen molar-refractivity contribution in [2.75, 3.05) is 0 Å². The zero-order chi connectivity index (χ0) is 44.2. The number of rotatable bonds is 3. The number of para-hydroxylation sites is 2. The van der Waals surface area contributed by atoms with Crippen molar-refractivity contribution in [3.05, 3.63) is 185 Å². The minimum Gasteiger partial charge on any atom is -0.313 e. The predicted molar refractivity (Wildman–Crippen MR) is 274 cm³/mol. The van der Waals surface area contributed by atoms with Gasteiger partial charge in [0.2, 0.25) is 0 Å². The van der Waals surface area contributed by atoms with E-state index in [-0.39, 0.29) is 21.7 Å². The van der Waals surface area contributed by atoms with E-state index in [1.54, 1.807) is 0 Å². The van der Waals surface area contributed by atoms with E-state index in [1.807, 2.05) is 0 Å². The normalized spacial score (nSPS) is 16.4. The minimum absolute atomic E-state index is 0.0833. The highest BCUT2D eigenvalue weighted by molar-refractivity contribution is 6.11. The van der Waals surface area contributed by atoms with E-state index in [2.05, 4.69) is 224 Å². The predicted octanol–water partition coefficient (Wildman–Crippen LogP) is 16.8. The van der Waals surface area contributed by atoms with Gasteiger partial charge in [0, 0.05) is 43.8 Å². The third-order valence-electron chi connectivity index (χ3n) is 15.6. The van der Waals surface area contributed by atoms with Crippen molar-refractivity contribution in [2.45, 2.75) is 104 Å². The molecule has 3 aliphatic carbocycles. The number of aromatic nitrogens is 2. The van der Waals surface area contributed by atoms with Crippen LogP contribution < -0.4 is 0 Å². The summed E-state index contributed by atoms with van der Waals surface area (Å²) in [6, 6.07) is 53.8. The van der Waals surface area contributed by atoms with Gasteiger partial charge in [-0.3, -0.25) is 0 Å². The zero-order valence-electron chi connectivity index (χ0n) is 39.2. The van der Waals surface area contributed by atoms with E-state index in [9.17, 15) is 0 Å². The number of allylic oxidation sites excluding steroid dienone is 4. The van der Waals surface area contributed by atoms with Gasteiger partial charge in [-0.2, -0.15) is 0 Å². The summed E-state index contributed by atoms with van der Waals surface area (Å²) in [5.41, 5.74) is 24.3. The smallest absolute Gasteiger partial charge is 0.0541 e. The van der Waals surface area contributed by atoms with E-state index >= 15 is 0 Å². The number of hydrogen-bond acceptors (Lipinski definition) is 0. The molecule has 0 atom stereocenters. The molecule has 12 rings (SSSR count). The summed E-state index contributed by atoms with van der Waals surface area (Å²) in [4.78, 5) is 0. The lowest BCUT2D eigenvalue weighted by Crippen LogP contribution is -2.18. The van der Waals surface area contributed by atoms with Gasteiger partial charge >= 0.3 is 0 Å². The zero-order valence-corrected chi connectivity index (χ0v) is 39.2. The van der Waals surface area contributed by atoms with Gasteiger partial charge in [0.15, 0.2) is 0 Å². The van der Waals surface area contributed by atoms with Crippen LogP contribution in [0.15, 0.2) is 151 Å². The van der Waals surface area contributed by atoms with Crippen molar-refractivity contribution in [1.29, 1.82) is 0 Å². The van der Waals surface area contributed by atoms with Crippen molar-refractivity contribution in [2.24, 2.45) is 0 Å². The maximum atomic E-state index is 2.56. The first-order chi connectivity index (χ1) is 30.5. The Hall–Kier alpha value is -6.38. The Morgan fingerprint density at radius 1 is 0.422 bits per heavy atom. The molecule has 2 heterocycles. The van der Waals surface area contributed by atoms with Gasteiger partial charge in [-0.25, -0.2) is 0 Å². The molecule has 0 fully saturated rings. The second-order valence-electron chi connectivity index (χ2n) is 22.2. The fourth-order valence-corrected chi connectivity index (χ4v) is 11.9. The van der Waals surface area contributed by atoms with Crippen molar-refractivity contribution >= 4 is 54.9 Å². The highest BCUT2D eigenvalue weighted by atomic mass is 15.0. The van der Waals surface area contributed by atoms with Crippen LogP contribution in [-0.2, 0) is 21.7 Å². The minimum atomic E-state index is -0.159. The first-order valence-electron chi connectivity index (χ1n) is 23.5. The lowest BCUT2D eigenvalue weighted by molar-refractivity contribution is 0.591. The van der Waals surface area contributed by atoms with Crippen LogP contribution >= 0.6 is 0 Å². The number of benzene rings is 7. The molecule has 0 amide bonds. The fourth-order valence-electron chi connectivity index (χ4n) is 11.9. The highest BCUT2D eigenvalue weighted by Gasteiger charge is 2.40. The molecule has 0 radical (unpaired) electrons. The highest BCUT2D eigenvalue weighted by Crippen LogP contribution is 2.54. The van der Waals surface area contributed by atoms with Crippen LogP contribution in [0.25, 0.3) is 82.8 Å². The van der Waals surface area contributed by atoms with Gasteiger partial charge in [0.05, 0.1) is 22.1 Å². The Labute approximate surface area is 378 Å². The van der Waals surface area contributed by atoms with Crippen molar-refractivity contribution in [3.8, 4) is 27.9 Å². The Balaban J connectivity index is 0.898. The van der Waals surface area contributed by atoms with Crippen molar-refractivity contribution in [1.82, 2.24) is 9.13 Å². The summed E-state index contributed by atoms with van der Waals surface area (Å²) in [5.74, 6) is 0. The summed E-state index contributed by atoms with van der Waals surface area (Å²) < 4.78 is 5.04. The molecule has 64 heavy (non-hydrogen) atoms. The lowest BCUT2D eigenvalue weighted by atomic mass is 9.78. The van der Waals surface area contributed by atoms with E-state index in [0.29, 0.717) is 0 Å². The molecule has 7 aromatic carbocycles. The Morgan fingerprint density at radius 2 is 0.906 bits per heavy atom. The topological polar surface area (TPSA) is 9.86 Å². The second-order valence-corrected chi connectivity index (χ2v) is 22.2. The van der Waals surface area contributed by atoms with Crippen LogP contribution in [0.2, 0.25) is 0 Å². The van der Waals surface area contributed by atoms with Crippen molar-refractivity contribution in [3.63, 3.8) is 0 Å². The molecule has 2 nitrogen and oxygen atoms in total. The average Bonchev–Trinajstić information content (AvgIpc) is 3.93. The molecular formula is C62H58N2. The van der Waals surface area contributed by atoms with Crippen LogP contribution in [0.1, 0.15) is 115 Å². The monoisotopic (exact) mass is 830 g/mol. The van der Waals surface area contributed by atoms with Gasteiger partial charge in [0.1, 0.15) is 0 Å². The van der Waals surface area contributed by atoms with E-state index < -0.39 is 0 Å². The number of fused-ring (bicyclic) bond motifs is 11. The lowest BCUT2D eigenvalue weighted by Gasteiger charge is -2.27. The molecule has 0 N–H and O–H groups in total. The molecule has 0 unspecified atom stereocenters. The molecule has 0 bridgehead atoms. The van der Waals surface area contributed by atoms with Crippen LogP contribution in [0.4, 0.5) is 0 Å². The molecular weight excluding hydrogens is 773 g/mol. The van der Waals surface area contributed by atoms with Crippen LogP contribution in [0, 0.1) is 0 Å². The molecule has 0 aliphatic heterocycles. The molecule has 9 aromatic rings. The Kier molecular flexibility index (Phi) is 8.03. The molecule has 0 saturated heterocycles. The van der Waals surface area contributed by atoms with Gasteiger partial charge in [0.25, 0.3) is 0 Å². The van der Waals surface area contributed by atoms with E-state index in [4.69, 9.17) is 0 Å². The third-order valence-corrected chi connectivity index (χ3v) is 15.6. The molecule has 0 spiro atoms. The molecule has 316 valence electrons. The van der Waals surface area contributed by atoms with Gasteiger partial charge in [-0.15, -0.1) is 0 Å². The van der Waals surface area contributed by atoms with E-state index in [1.165, 1.54) is 122 Å². The molecule has 3 aliphatic rings. The Morgan fingerprint density at radius 3 is 1.50 bits per heavy atom. The molecule has 2 heteroatoms. The quantitative estimate of drug-likeness (QED) is 0.168. The first kappa shape index (κ1) is 39.2. The maximum absolute atomic E-state index is 2.56. The van der Waals surface area contributed by atoms with E-state index in [0.717, 1.165) is 12.8 Å². The summed E-state index contributed by atoms with van der Waals surface area (Å²) in [6.07, 6.45) is 4.61. The standard InChI is InChI=1S/C62H58N2/c1-59(2,3)39-21-29-57-49(33-39)47-15-11-13-17-55(47)63(57)41-23-27-45-43-25-19-37(31-51(43)61(7,8)53(45)35-41)38-20-26-44-46-28-24-42(36-54(46)62(9,10)52(44)32-38)64-56-18-14-12-16-48(56)50-34-40(60(4,5)6)22-30-58(50)64/h11-23,25-27,29-36H,24,28H2,1-10H3. The van der Waals surface area contributed by atoms with Crippen LogP contribution in [0.3, 0.4) is 0 Å². The maximum Gasteiger partial charge on any atom is 0.0541 e. The Bertz CT molecular complexity index is 3560. The SMILES string of the molecule is CC(C)(C)c1ccc2c(c1)c1ccccc1n2C1=CC2=C(CC1)c1ccc(-c3ccc4c(c3)C(C)(C)c3cc(-n5c6ccccc6c6cc(C(C)(C)C)ccc65)ccc3-4)cc1C2(C)C. The number of nitrogens with zero attached hydrogens (tertiary/aromatic N) is 2. The molecule has 2 aromatic heterocycles. The number of hydrogen-bond donors (Lipinski definition) is 0. The van der Waals surface area contributed by atoms with Gasteiger partial charge < -0.3 is 9.13 Å². The fraction of sp³-hybridized carbons (Fsp3) is 0.258. The summed E-state index contributed by atoms with van der Waals surface area (Å²) in [5, 5.41) is 5.31. The summed E-state index contributed by atoms with van der Waals surface area (Å²) >= 11 is 0. The van der Waals surface area contributed by atoms with Gasteiger partial charge in [-0.1, -0.05) is 148 Å². The largest absolute Gasteiger partial charge is 0.313 e. The summed E-state index contributed by atoms with van der Waals surface area (Å²) in [7, 11) is 0. The summed E-state index contributed by atoms with van der Waals surface area (Å²) in [6.45, 7) is 23.6. The third kappa shape index (κ3) is 5.50. The van der Waals surface area contributed by atoms with Crippen LogP contribution in [0.5, 0.6) is 0 Å². The van der Waals surface area contributed by atoms with Crippen molar-refractivity contribution < 1.29 is 0 Å². The van der Waals surface area contributed by atoms with Gasteiger partial charge in [-0.05, 0) is 157 Å². The second kappa shape index (κ2) is 13.1.